The number of alkyl halides is 3. The first-order chi connectivity index (χ1) is 21.6. The van der Waals surface area contributed by atoms with Crippen LogP contribution in [0.15, 0.2) is 71.8 Å². The second-order valence-corrected chi connectivity index (χ2v) is 12.7. The number of hydrogen-bond donors (Lipinski definition) is 2. The molecule has 4 aliphatic carbocycles. The lowest BCUT2D eigenvalue weighted by atomic mass is 9.48. The molecule has 0 atom stereocenters. The number of carbonyl (C=O) groups excluding carboxylic acids is 2. The van der Waals surface area contributed by atoms with E-state index >= 15 is 0 Å². The molecule has 2 N–H and O–H groups in total. The molecule has 0 aliphatic heterocycles. The number of amides is 2. The molecule has 236 valence electrons. The summed E-state index contributed by atoms with van der Waals surface area (Å²) in [6.07, 6.45) is 4.73. The van der Waals surface area contributed by atoms with E-state index < -0.39 is 17.6 Å². The molecule has 4 fully saturated rings. The summed E-state index contributed by atoms with van der Waals surface area (Å²) in [5.74, 6) is 2.48. The van der Waals surface area contributed by atoms with Gasteiger partial charge in [0.2, 0.25) is 5.91 Å². The standard InChI is InChI=1S/C35H36F3N3O4/c1-44-31-15-23(20-39-41-32(42)16-22-3-2-4-28(14-22)35(36,37)38)5-10-30(31)45-21-33(43)40-29-8-6-27(7-9-29)34-17-24-11-25(18-34)13-26(12-24)19-34/h2-10,14-15,20,24-26H,11-13,16-19,21H2,1H3,(H,40,43)(H,41,42)/b39-20+. The Bertz CT molecular complexity index is 1550. The van der Waals surface area contributed by atoms with Gasteiger partial charge in [-0.2, -0.15) is 18.3 Å². The van der Waals surface area contributed by atoms with Crippen molar-refractivity contribution in [3.8, 4) is 11.5 Å². The van der Waals surface area contributed by atoms with Gasteiger partial charge in [0, 0.05) is 5.69 Å². The molecule has 4 bridgehead atoms. The molecule has 0 heterocycles. The number of halogens is 3. The van der Waals surface area contributed by atoms with E-state index in [1.807, 2.05) is 12.1 Å². The Morgan fingerprint density at radius 1 is 0.911 bits per heavy atom. The molecule has 10 heteroatoms. The lowest BCUT2D eigenvalue weighted by Gasteiger charge is -2.57. The van der Waals surface area contributed by atoms with Crippen molar-refractivity contribution in [2.24, 2.45) is 22.9 Å². The number of carbonyl (C=O) groups is 2. The van der Waals surface area contributed by atoms with Gasteiger partial charge in [0.25, 0.3) is 5.91 Å². The Balaban J connectivity index is 0.987. The van der Waals surface area contributed by atoms with E-state index in [4.69, 9.17) is 9.47 Å². The average molecular weight is 620 g/mol. The van der Waals surface area contributed by atoms with E-state index in [0.717, 1.165) is 35.6 Å². The third kappa shape index (κ3) is 7.16. The lowest BCUT2D eigenvalue weighted by molar-refractivity contribution is -0.137. The van der Waals surface area contributed by atoms with Crippen molar-refractivity contribution in [3.63, 3.8) is 0 Å². The fourth-order valence-electron chi connectivity index (χ4n) is 7.86. The topological polar surface area (TPSA) is 89.0 Å². The highest BCUT2D eigenvalue weighted by molar-refractivity contribution is 5.92. The Morgan fingerprint density at radius 2 is 1.60 bits per heavy atom. The van der Waals surface area contributed by atoms with Gasteiger partial charge in [0.05, 0.1) is 25.3 Å². The molecule has 0 aromatic heterocycles. The number of hydrazone groups is 1. The Kier molecular flexibility index (Phi) is 8.57. The maximum absolute atomic E-state index is 12.9. The van der Waals surface area contributed by atoms with Crippen LogP contribution in [0.1, 0.15) is 60.8 Å². The number of anilines is 1. The number of rotatable bonds is 10. The lowest BCUT2D eigenvalue weighted by Crippen LogP contribution is -2.48. The monoisotopic (exact) mass is 619 g/mol. The first-order valence-corrected chi connectivity index (χ1v) is 15.3. The third-order valence-electron chi connectivity index (χ3n) is 9.39. The smallest absolute Gasteiger partial charge is 0.416 e. The van der Waals surface area contributed by atoms with Crippen LogP contribution in [0.3, 0.4) is 0 Å². The minimum absolute atomic E-state index is 0.216. The van der Waals surface area contributed by atoms with Gasteiger partial charge >= 0.3 is 6.18 Å². The molecule has 0 spiro atoms. The third-order valence-corrected chi connectivity index (χ3v) is 9.39. The number of hydrogen-bond acceptors (Lipinski definition) is 5. The highest BCUT2D eigenvalue weighted by Gasteiger charge is 2.51. The van der Waals surface area contributed by atoms with Crippen molar-refractivity contribution in [2.45, 2.75) is 56.5 Å². The molecule has 3 aromatic carbocycles. The molecule has 3 aromatic rings. The van der Waals surface area contributed by atoms with Crippen LogP contribution >= 0.6 is 0 Å². The maximum atomic E-state index is 12.9. The molecule has 4 aliphatic rings. The Hall–Kier alpha value is -4.34. The molecule has 0 unspecified atom stereocenters. The van der Waals surface area contributed by atoms with Crippen molar-refractivity contribution in [1.82, 2.24) is 5.43 Å². The molecule has 4 saturated carbocycles. The van der Waals surface area contributed by atoms with Gasteiger partial charge < -0.3 is 14.8 Å². The van der Waals surface area contributed by atoms with Crippen LogP contribution in [-0.4, -0.2) is 31.7 Å². The van der Waals surface area contributed by atoms with E-state index in [9.17, 15) is 22.8 Å². The molecular weight excluding hydrogens is 583 g/mol. The predicted octanol–water partition coefficient (Wildman–Crippen LogP) is 6.89. The van der Waals surface area contributed by atoms with Crippen LogP contribution in [0.4, 0.5) is 18.9 Å². The molecule has 7 nitrogen and oxygen atoms in total. The van der Waals surface area contributed by atoms with Crippen LogP contribution in [0, 0.1) is 17.8 Å². The summed E-state index contributed by atoms with van der Waals surface area (Å²) >= 11 is 0. The molecule has 2 amide bonds. The van der Waals surface area contributed by atoms with Crippen LogP contribution in [0.2, 0.25) is 0 Å². The summed E-state index contributed by atoms with van der Waals surface area (Å²) in [6.45, 7) is -0.216. The first kappa shape index (κ1) is 30.7. The zero-order chi connectivity index (χ0) is 31.6. The quantitative estimate of drug-likeness (QED) is 0.191. The minimum Gasteiger partial charge on any atom is -0.493 e. The van der Waals surface area contributed by atoms with E-state index in [2.05, 4.69) is 28.0 Å². The fourth-order valence-corrected chi connectivity index (χ4v) is 7.86. The Labute approximate surface area is 260 Å². The van der Waals surface area contributed by atoms with Gasteiger partial charge in [-0.15, -0.1) is 0 Å². The zero-order valence-corrected chi connectivity index (χ0v) is 25.0. The largest absolute Gasteiger partial charge is 0.493 e. The van der Waals surface area contributed by atoms with Crippen molar-refractivity contribution in [2.75, 3.05) is 19.0 Å². The molecule has 7 rings (SSSR count). The molecule has 0 radical (unpaired) electrons. The fraction of sp³-hybridized carbons (Fsp3) is 0.400. The Morgan fingerprint density at radius 3 is 2.24 bits per heavy atom. The number of nitrogens with zero attached hydrogens (tertiary/aromatic N) is 1. The summed E-state index contributed by atoms with van der Waals surface area (Å²) in [4.78, 5) is 24.8. The van der Waals surface area contributed by atoms with Gasteiger partial charge in [-0.25, -0.2) is 5.43 Å². The van der Waals surface area contributed by atoms with Gasteiger partial charge in [0.15, 0.2) is 18.1 Å². The second-order valence-electron chi connectivity index (χ2n) is 12.7. The van der Waals surface area contributed by atoms with Gasteiger partial charge in [-0.3, -0.25) is 9.59 Å². The van der Waals surface area contributed by atoms with Gasteiger partial charge in [-0.05, 0) is 115 Å². The number of benzene rings is 3. The first-order valence-electron chi connectivity index (χ1n) is 15.3. The minimum atomic E-state index is -4.48. The SMILES string of the molecule is COc1cc(/C=N/NC(=O)Cc2cccc(C(F)(F)F)c2)ccc1OCC(=O)Nc1ccc(C23CC4CC(CC(C4)C2)C3)cc1. The van der Waals surface area contributed by atoms with E-state index in [1.54, 1.807) is 18.2 Å². The molecule has 45 heavy (non-hydrogen) atoms. The molecule has 0 saturated heterocycles. The van der Waals surface area contributed by atoms with Crippen molar-refractivity contribution < 1.29 is 32.2 Å². The van der Waals surface area contributed by atoms with Crippen LogP contribution in [0.25, 0.3) is 0 Å². The summed E-state index contributed by atoms with van der Waals surface area (Å²) in [6, 6.07) is 17.8. The number of ether oxygens (including phenoxy) is 2. The van der Waals surface area contributed by atoms with Crippen molar-refractivity contribution in [3.05, 3.63) is 89.0 Å². The molecular formula is C35H36F3N3O4. The van der Waals surface area contributed by atoms with Gasteiger partial charge in [-0.1, -0.05) is 30.3 Å². The summed E-state index contributed by atoms with van der Waals surface area (Å²) in [5, 5.41) is 6.79. The summed E-state index contributed by atoms with van der Waals surface area (Å²) < 4.78 is 49.8. The highest BCUT2D eigenvalue weighted by atomic mass is 19.4. The van der Waals surface area contributed by atoms with E-state index in [-0.39, 0.29) is 24.5 Å². The number of methoxy groups -OCH3 is 1. The zero-order valence-electron chi connectivity index (χ0n) is 25.0. The highest BCUT2D eigenvalue weighted by Crippen LogP contribution is 2.60. The maximum Gasteiger partial charge on any atom is 0.416 e. The normalized spacial score (nSPS) is 23.6. The average Bonchev–Trinajstić information content (AvgIpc) is 2.99. The van der Waals surface area contributed by atoms with Crippen molar-refractivity contribution >= 4 is 23.7 Å². The summed E-state index contributed by atoms with van der Waals surface area (Å²) in [7, 11) is 1.46. The van der Waals surface area contributed by atoms with Crippen LogP contribution < -0.4 is 20.2 Å². The number of nitrogens with one attached hydrogen (secondary N) is 2. The summed E-state index contributed by atoms with van der Waals surface area (Å²) in [5.41, 5.74) is 4.73. The predicted molar refractivity (Wildman–Crippen MR) is 164 cm³/mol. The van der Waals surface area contributed by atoms with E-state index in [0.29, 0.717) is 22.5 Å². The van der Waals surface area contributed by atoms with E-state index in [1.165, 1.54) is 69.5 Å². The van der Waals surface area contributed by atoms with Crippen molar-refractivity contribution in [1.29, 1.82) is 0 Å². The van der Waals surface area contributed by atoms with Crippen LogP contribution in [0.5, 0.6) is 11.5 Å². The van der Waals surface area contributed by atoms with Crippen LogP contribution in [-0.2, 0) is 27.6 Å². The van der Waals surface area contributed by atoms with Gasteiger partial charge in [0.1, 0.15) is 0 Å². The second kappa shape index (κ2) is 12.6.